The van der Waals surface area contributed by atoms with Crippen molar-refractivity contribution in [3.8, 4) is 0 Å². The smallest absolute Gasteiger partial charge is 0.0100 e. The molecule has 0 aromatic rings. The second kappa shape index (κ2) is 5.53. The Hall–Kier alpha value is -0.0400. The van der Waals surface area contributed by atoms with Gasteiger partial charge in [0.2, 0.25) is 0 Å². The first kappa shape index (κ1) is 14.4. The summed E-state index contributed by atoms with van der Waals surface area (Å²) in [6.45, 7) is 11.0. The summed E-state index contributed by atoms with van der Waals surface area (Å²) in [5.41, 5.74) is 1.06. The Morgan fingerprint density at radius 3 is 2.22 bits per heavy atom. The van der Waals surface area contributed by atoms with Gasteiger partial charge in [-0.15, -0.1) is 0 Å². The molecule has 2 fully saturated rings. The highest BCUT2D eigenvalue weighted by atomic mass is 14.9. The molecule has 2 saturated carbocycles. The number of hydrogen-bond acceptors (Lipinski definition) is 1. The molecule has 0 radical (unpaired) electrons. The van der Waals surface area contributed by atoms with Gasteiger partial charge in [-0.3, -0.25) is 0 Å². The maximum Gasteiger partial charge on any atom is 0.0100 e. The zero-order valence-corrected chi connectivity index (χ0v) is 13.0. The quantitative estimate of drug-likeness (QED) is 0.762. The normalized spacial score (nSPS) is 32.7. The molecule has 18 heavy (non-hydrogen) atoms. The van der Waals surface area contributed by atoms with Crippen LogP contribution < -0.4 is 5.32 Å². The molecular weight excluding hydrogens is 218 g/mol. The predicted octanol–water partition coefficient (Wildman–Crippen LogP) is 4.76. The van der Waals surface area contributed by atoms with Gasteiger partial charge in [0.15, 0.2) is 0 Å². The first-order valence-corrected chi connectivity index (χ1v) is 8.14. The lowest BCUT2D eigenvalue weighted by Crippen LogP contribution is -2.47. The van der Waals surface area contributed by atoms with Crippen LogP contribution in [0.5, 0.6) is 0 Å². The Balaban J connectivity index is 1.89. The minimum atomic E-state index is 0.467. The summed E-state index contributed by atoms with van der Waals surface area (Å²) in [6, 6.07) is 0.774. The lowest BCUT2D eigenvalue weighted by Gasteiger charge is -2.42. The highest BCUT2D eigenvalue weighted by molar-refractivity contribution is 4.91. The molecule has 2 unspecified atom stereocenters. The van der Waals surface area contributed by atoms with E-state index in [1.807, 2.05) is 0 Å². The highest BCUT2D eigenvalue weighted by Gasteiger charge is 2.36. The number of rotatable bonds is 3. The summed E-state index contributed by atoms with van der Waals surface area (Å²) < 4.78 is 0. The van der Waals surface area contributed by atoms with Gasteiger partial charge < -0.3 is 5.32 Å². The molecular formula is C17H33N. The minimum Gasteiger partial charge on any atom is -0.313 e. The molecule has 0 bridgehead atoms. The third-order valence-electron chi connectivity index (χ3n) is 5.48. The lowest BCUT2D eigenvalue weighted by molar-refractivity contribution is 0.121. The van der Waals surface area contributed by atoms with Gasteiger partial charge in [0, 0.05) is 12.6 Å². The third kappa shape index (κ3) is 3.50. The van der Waals surface area contributed by atoms with Crippen LogP contribution in [0.25, 0.3) is 0 Å². The van der Waals surface area contributed by atoms with Crippen molar-refractivity contribution in [3.05, 3.63) is 0 Å². The van der Waals surface area contributed by atoms with Crippen LogP contribution >= 0.6 is 0 Å². The summed E-state index contributed by atoms with van der Waals surface area (Å²) in [5.74, 6) is 0.872. The van der Waals surface area contributed by atoms with Crippen LogP contribution in [-0.2, 0) is 0 Å². The van der Waals surface area contributed by atoms with Gasteiger partial charge in [0.25, 0.3) is 0 Å². The van der Waals surface area contributed by atoms with E-state index in [0.29, 0.717) is 10.8 Å². The Morgan fingerprint density at radius 1 is 1.00 bits per heavy atom. The molecule has 1 nitrogen and oxygen atoms in total. The van der Waals surface area contributed by atoms with Crippen molar-refractivity contribution in [3.63, 3.8) is 0 Å². The maximum absolute atomic E-state index is 3.96. The van der Waals surface area contributed by atoms with Crippen molar-refractivity contribution in [2.24, 2.45) is 16.7 Å². The summed E-state index contributed by atoms with van der Waals surface area (Å²) >= 11 is 0. The second-order valence-corrected chi connectivity index (χ2v) is 8.26. The van der Waals surface area contributed by atoms with Crippen molar-refractivity contribution in [1.29, 1.82) is 0 Å². The summed E-state index contributed by atoms with van der Waals surface area (Å²) in [7, 11) is 0. The van der Waals surface area contributed by atoms with Crippen LogP contribution in [0.1, 0.15) is 79.1 Å². The van der Waals surface area contributed by atoms with Crippen molar-refractivity contribution >= 4 is 0 Å². The van der Waals surface area contributed by atoms with Gasteiger partial charge in [0.05, 0.1) is 0 Å². The average molecular weight is 251 g/mol. The first-order valence-electron chi connectivity index (χ1n) is 8.14. The molecule has 0 heterocycles. The fraction of sp³-hybridized carbons (Fsp3) is 1.00. The standard InChI is InChI=1S/C17H33N/c1-16(2,3)14-9-5-6-10-15(14)18-13-17(4)11-7-8-12-17/h14-15,18H,5-13H2,1-4H3. The van der Waals surface area contributed by atoms with Gasteiger partial charge in [0.1, 0.15) is 0 Å². The van der Waals surface area contributed by atoms with Gasteiger partial charge in [-0.05, 0) is 42.4 Å². The van der Waals surface area contributed by atoms with Crippen LogP contribution in [0.4, 0.5) is 0 Å². The average Bonchev–Trinajstić information content (AvgIpc) is 2.73. The Morgan fingerprint density at radius 2 is 1.61 bits per heavy atom. The van der Waals surface area contributed by atoms with Gasteiger partial charge in [-0.1, -0.05) is 53.4 Å². The van der Waals surface area contributed by atoms with Crippen LogP contribution in [0.3, 0.4) is 0 Å². The first-order chi connectivity index (χ1) is 8.41. The summed E-state index contributed by atoms with van der Waals surface area (Å²) in [6.07, 6.45) is 11.5. The van der Waals surface area contributed by atoms with Crippen molar-refractivity contribution in [1.82, 2.24) is 5.32 Å². The molecule has 0 amide bonds. The van der Waals surface area contributed by atoms with E-state index in [1.165, 1.54) is 57.9 Å². The van der Waals surface area contributed by atoms with E-state index in [0.717, 1.165) is 12.0 Å². The zero-order valence-electron chi connectivity index (χ0n) is 13.0. The fourth-order valence-corrected chi connectivity index (χ4v) is 4.19. The highest BCUT2D eigenvalue weighted by Crippen LogP contribution is 2.40. The molecule has 0 aliphatic heterocycles. The van der Waals surface area contributed by atoms with Crippen molar-refractivity contribution in [2.75, 3.05) is 6.54 Å². The van der Waals surface area contributed by atoms with Crippen LogP contribution in [0.15, 0.2) is 0 Å². The fourth-order valence-electron chi connectivity index (χ4n) is 4.19. The van der Waals surface area contributed by atoms with E-state index in [4.69, 9.17) is 0 Å². The maximum atomic E-state index is 3.96. The molecule has 1 heteroatoms. The van der Waals surface area contributed by atoms with Crippen molar-refractivity contribution in [2.45, 2.75) is 85.1 Å². The predicted molar refractivity (Wildman–Crippen MR) is 79.8 cm³/mol. The molecule has 2 aliphatic carbocycles. The molecule has 0 aromatic carbocycles. The van der Waals surface area contributed by atoms with Crippen molar-refractivity contribution < 1.29 is 0 Å². The molecule has 106 valence electrons. The third-order valence-corrected chi connectivity index (χ3v) is 5.48. The van der Waals surface area contributed by atoms with E-state index in [-0.39, 0.29) is 0 Å². The largest absolute Gasteiger partial charge is 0.313 e. The molecule has 2 aliphatic rings. The Bertz CT molecular complexity index is 257. The monoisotopic (exact) mass is 251 g/mol. The number of nitrogens with one attached hydrogen (secondary N) is 1. The van der Waals surface area contributed by atoms with Crippen LogP contribution in [0, 0.1) is 16.7 Å². The molecule has 0 aromatic heterocycles. The SMILES string of the molecule is CC1(CNC2CCCCC2C(C)(C)C)CCCC1. The van der Waals surface area contributed by atoms with Crippen LogP contribution in [-0.4, -0.2) is 12.6 Å². The molecule has 0 spiro atoms. The van der Waals surface area contributed by atoms with Gasteiger partial charge >= 0.3 is 0 Å². The Labute approximate surface area is 114 Å². The minimum absolute atomic E-state index is 0.467. The van der Waals surface area contributed by atoms with Gasteiger partial charge in [-0.25, -0.2) is 0 Å². The second-order valence-electron chi connectivity index (χ2n) is 8.26. The van der Waals surface area contributed by atoms with Gasteiger partial charge in [-0.2, -0.15) is 0 Å². The van der Waals surface area contributed by atoms with E-state index in [1.54, 1.807) is 0 Å². The topological polar surface area (TPSA) is 12.0 Å². The summed E-state index contributed by atoms with van der Waals surface area (Å²) in [4.78, 5) is 0. The molecule has 0 saturated heterocycles. The Kier molecular flexibility index (Phi) is 4.41. The van der Waals surface area contributed by atoms with E-state index >= 15 is 0 Å². The molecule has 1 N–H and O–H groups in total. The van der Waals surface area contributed by atoms with E-state index in [9.17, 15) is 0 Å². The molecule has 2 atom stereocenters. The number of hydrogen-bond donors (Lipinski definition) is 1. The lowest BCUT2D eigenvalue weighted by atomic mass is 9.69. The summed E-state index contributed by atoms with van der Waals surface area (Å²) in [5, 5.41) is 3.96. The van der Waals surface area contributed by atoms with Crippen LogP contribution in [0.2, 0.25) is 0 Å². The van der Waals surface area contributed by atoms with E-state index < -0.39 is 0 Å². The molecule has 2 rings (SSSR count). The van der Waals surface area contributed by atoms with E-state index in [2.05, 4.69) is 33.0 Å². The zero-order chi connectivity index (χ0) is 13.2.